The number of benzene rings is 2. The summed E-state index contributed by atoms with van der Waals surface area (Å²) in [4.78, 5) is 42.7. The quantitative estimate of drug-likeness (QED) is 0.389. The van der Waals surface area contributed by atoms with Crippen molar-refractivity contribution in [3.63, 3.8) is 0 Å². The first-order valence-electron chi connectivity index (χ1n) is 13.0. The van der Waals surface area contributed by atoms with Gasteiger partial charge in [0.25, 0.3) is 0 Å². The Morgan fingerprint density at radius 3 is 2.16 bits per heavy atom. The summed E-state index contributed by atoms with van der Waals surface area (Å²) in [5.74, 6) is -0.0293. The molecule has 3 heterocycles. The van der Waals surface area contributed by atoms with Gasteiger partial charge in [-0.1, -0.05) is 65.8 Å². The summed E-state index contributed by atoms with van der Waals surface area (Å²) in [5, 5.41) is 3.95. The molecule has 2 atom stereocenters. The van der Waals surface area contributed by atoms with Gasteiger partial charge in [-0.25, -0.2) is 4.79 Å². The van der Waals surface area contributed by atoms with Crippen molar-refractivity contribution in [1.29, 1.82) is 0 Å². The van der Waals surface area contributed by atoms with Crippen LogP contribution < -0.4 is 0 Å². The van der Waals surface area contributed by atoms with Gasteiger partial charge in [0.2, 0.25) is 11.7 Å². The molecule has 0 unspecified atom stereocenters. The molecule has 0 saturated carbocycles. The Kier molecular flexibility index (Phi) is 8.13. The van der Waals surface area contributed by atoms with Gasteiger partial charge in [-0.05, 0) is 36.8 Å². The average Bonchev–Trinajstić information content (AvgIpc) is 3.73. The second kappa shape index (κ2) is 12.0. The third-order valence-electron chi connectivity index (χ3n) is 6.98. The van der Waals surface area contributed by atoms with E-state index >= 15 is 0 Å². The van der Waals surface area contributed by atoms with Gasteiger partial charge in [0.05, 0.1) is 12.6 Å². The number of nitrogens with zero attached hydrogens (tertiary/aromatic N) is 3. The van der Waals surface area contributed by atoms with Crippen LogP contribution in [0.3, 0.4) is 0 Å². The fraction of sp³-hybridized carbons (Fsp3) is 0.379. The van der Waals surface area contributed by atoms with E-state index in [1.54, 1.807) is 11.0 Å². The average molecular weight is 518 g/mol. The minimum Gasteiger partial charge on any atom is -0.445 e. The molecule has 0 N–H and O–H groups in total. The lowest BCUT2D eigenvalue weighted by Gasteiger charge is -2.30. The van der Waals surface area contributed by atoms with Crippen molar-refractivity contribution >= 4 is 17.8 Å². The number of ketones is 1. The van der Waals surface area contributed by atoms with Gasteiger partial charge in [-0.3, -0.25) is 14.5 Å². The molecule has 1 aromatic heterocycles. The molecule has 0 spiro atoms. The summed E-state index contributed by atoms with van der Waals surface area (Å²) in [7, 11) is 0. The lowest BCUT2D eigenvalue weighted by Crippen LogP contribution is -2.51. The van der Waals surface area contributed by atoms with Crippen molar-refractivity contribution in [2.24, 2.45) is 0 Å². The number of carbonyl (C=O) groups excluding carboxylic acids is 3. The zero-order valence-corrected chi connectivity index (χ0v) is 21.2. The molecule has 3 aromatic rings. The highest BCUT2D eigenvalue weighted by atomic mass is 16.6. The van der Waals surface area contributed by atoms with Crippen molar-refractivity contribution in [2.45, 2.75) is 57.6 Å². The SMILES string of the molecule is O=C(c1cc(COCc2ccccc2)on1)[C@@H]1CCCN1C(=O)[C@@H]1CCCN1C(=O)OCc1ccccc1. The number of rotatable bonds is 9. The van der Waals surface area contributed by atoms with E-state index in [-0.39, 0.29) is 30.6 Å². The minimum atomic E-state index is -0.633. The van der Waals surface area contributed by atoms with Gasteiger partial charge in [0.15, 0.2) is 11.5 Å². The zero-order valence-electron chi connectivity index (χ0n) is 21.2. The van der Waals surface area contributed by atoms with Gasteiger partial charge in [0, 0.05) is 19.2 Å². The molecular formula is C29H31N3O6. The summed E-state index contributed by atoms with van der Waals surface area (Å²) < 4.78 is 16.5. The van der Waals surface area contributed by atoms with E-state index in [1.807, 2.05) is 60.7 Å². The van der Waals surface area contributed by atoms with Gasteiger partial charge in [0.1, 0.15) is 19.3 Å². The first-order valence-corrected chi connectivity index (χ1v) is 13.0. The lowest BCUT2D eigenvalue weighted by atomic mass is 10.1. The number of amides is 2. The minimum absolute atomic E-state index is 0.144. The molecule has 38 heavy (non-hydrogen) atoms. The Morgan fingerprint density at radius 1 is 0.816 bits per heavy atom. The topological polar surface area (TPSA) is 102 Å². The molecule has 0 bridgehead atoms. The predicted molar refractivity (Wildman–Crippen MR) is 137 cm³/mol. The Bertz CT molecular complexity index is 1250. The molecular weight excluding hydrogens is 486 g/mol. The molecule has 9 nitrogen and oxygen atoms in total. The van der Waals surface area contributed by atoms with Crippen LogP contribution in [0.4, 0.5) is 4.79 Å². The number of aromatic nitrogens is 1. The number of likely N-dealkylation sites (tertiary alicyclic amines) is 2. The van der Waals surface area contributed by atoms with Crippen LogP contribution in [0, 0.1) is 0 Å². The van der Waals surface area contributed by atoms with Gasteiger partial charge in [-0.15, -0.1) is 0 Å². The highest BCUT2D eigenvalue weighted by Gasteiger charge is 2.43. The third-order valence-corrected chi connectivity index (χ3v) is 6.98. The number of Topliss-reactive ketones (excluding diaryl/α,β-unsaturated/α-hetero) is 1. The normalized spacial score (nSPS) is 19.1. The van der Waals surface area contributed by atoms with Crippen LogP contribution >= 0.6 is 0 Å². The Balaban J connectivity index is 1.17. The van der Waals surface area contributed by atoms with E-state index in [2.05, 4.69) is 5.16 Å². The summed E-state index contributed by atoms with van der Waals surface area (Å²) in [5.41, 5.74) is 2.09. The molecule has 0 aliphatic carbocycles. The van der Waals surface area contributed by atoms with Crippen LogP contribution in [0.15, 0.2) is 71.3 Å². The number of ether oxygens (including phenoxy) is 2. The van der Waals surface area contributed by atoms with E-state index < -0.39 is 18.2 Å². The number of hydrogen-bond donors (Lipinski definition) is 0. The summed E-state index contributed by atoms with van der Waals surface area (Å²) in [6.45, 7) is 1.66. The highest BCUT2D eigenvalue weighted by molar-refractivity contribution is 6.01. The predicted octanol–water partition coefficient (Wildman–Crippen LogP) is 4.37. The van der Waals surface area contributed by atoms with Crippen molar-refractivity contribution in [1.82, 2.24) is 15.0 Å². The summed E-state index contributed by atoms with van der Waals surface area (Å²) >= 11 is 0. The monoisotopic (exact) mass is 517 g/mol. The lowest BCUT2D eigenvalue weighted by molar-refractivity contribution is -0.135. The van der Waals surface area contributed by atoms with Crippen LogP contribution in [0.2, 0.25) is 0 Å². The van der Waals surface area contributed by atoms with Crippen LogP contribution in [0.5, 0.6) is 0 Å². The number of hydrogen-bond acceptors (Lipinski definition) is 7. The molecule has 198 valence electrons. The Hall–Kier alpha value is -3.98. The van der Waals surface area contributed by atoms with Crippen LogP contribution in [-0.4, -0.2) is 57.9 Å². The van der Waals surface area contributed by atoms with Crippen molar-refractivity contribution in [3.05, 3.63) is 89.3 Å². The van der Waals surface area contributed by atoms with E-state index in [4.69, 9.17) is 14.0 Å². The fourth-order valence-corrected chi connectivity index (χ4v) is 5.05. The van der Waals surface area contributed by atoms with E-state index in [0.717, 1.165) is 11.1 Å². The standard InChI is InChI=1S/C29H31N3O6/c33-27(24-17-23(38-30-24)20-36-18-21-9-3-1-4-10-21)25-13-7-15-31(25)28(34)26-14-8-16-32(26)29(35)37-19-22-11-5-2-6-12-22/h1-6,9-12,17,25-26H,7-8,13-16,18-20H2/t25-,26-/m0/s1. The largest absolute Gasteiger partial charge is 0.445 e. The van der Waals surface area contributed by atoms with E-state index in [0.29, 0.717) is 51.1 Å². The van der Waals surface area contributed by atoms with Crippen molar-refractivity contribution in [2.75, 3.05) is 13.1 Å². The molecule has 2 saturated heterocycles. The molecule has 2 aromatic carbocycles. The van der Waals surface area contributed by atoms with Crippen LogP contribution in [-0.2, 0) is 34.1 Å². The number of carbonyl (C=O) groups is 3. The second-order valence-corrected chi connectivity index (χ2v) is 9.60. The third kappa shape index (κ3) is 5.94. The molecule has 2 aliphatic heterocycles. The van der Waals surface area contributed by atoms with E-state index in [9.17, 15) is 14.4 Å². The maximum absolute atomic E-state index is 13.5. The summed E-state index contributed by atoms with van der Waals surface area (Å²) in [6.07, 6.45) is 1.99. The smallest absolute Gasteiger partial charge is 0.410 e. The fourth-order valence-electron chi connectivity index (χ4n) is 5.05. The molecule has 2 amide bonds. The first-order chi connectivity index (χ1) is 18.6. The van der Waals surface area contributed by atoms with Crippen molar-refractivity contribution < 1.29 is 28.4 Å². The maximum atomic E-state index is 13.5. The summed E-state index contributed by atoms with van der Waals surface area (Å²) in [6, 6.07) is 19.5. The molecule has 2 aliphatic rings. The Morgan fingerprint density at radius 2 is 1.45 bits per heavy atom. The molecule has 9 heteroatoms. The highest BCUT2D eigenvalue weighted by Crippen LogP contribution is 2.27. The maximum Gasteiger partial charge on any atom is 0.410 e. The Labute approximate surface area is 221 Å². The molecule has 0 radical (unpaired) electrons. The van der Waals surface area contributed by atoms with E-state index in [1.165, 1.54) is 4.90 Å². The molecule has 2 fully saturated rings. The van der Waals surface area contributed by atoms with Crippen LogP contribution in [0.25, 0.3) is 0 Å². The van der Waals surface area contributed by atoms with Gasteiger partial charge >= 0.3 is 6.09 Å². The zero-order chi connectivity index (χ0) is 26.3. The van der Waals surface area contributed by atoms with Gasteiger partial charge < -0.3 is 18.9 Å². The van der Waals surface area contributed by atoms with Crippen LogP contribution in [0.1, 0.15) is 53.1 Å². The van der Waals surface area contributed by atoms with Gasteiger partial charge in [-0.2, -0.15) is 0 Å². The first kappa shape index (κ1) is 25.7. The molecule has 5 rings (SSSR count). The second-order valence-electron chi connectivity index (χ2n) is 9.60. The van der Waals surface area contributed by atoms with Crippen molar-refractivity contribution in [3.8, 4) is 0 Å².